The van der Waals surface area contributed by atoms with Gasteiger partial charge in [-0.1, -0.05) is 12.1 Å². The number of carbonyl (C=O) groups excluding carboxylic acids is 1. The van der Waals surface area contributed by atoms with Gasteiger partial charge in [0, 0.05) is 24.3 Å². The van der Waals surface area contributed by atoms with Crippen LogP contribution in [0.15, 0.2) is 18.2 Å². The number of carbonyl (C=O) groups is 2. The number of hydrogen-bond donors (Lipinski definition) is 1. The summed E-state index contributed by atoms with van der Waals surface area (Å²) in [4.78, 5) is 25.9. The number of halogens is 1. The summed E-state index contributed by atoms with van der Waals surface area (Å²) < 4.78 is 16.1. The summed E-state index contributed by atoms with van der Waals surface area (Å²) in [5.41, 5.74) is 3.38. The highest BCUT2D eigenvalue weighted by molar-refractivity contribution is 5.94. The first-order chi connectivity index (χ1) is 13.0. The monoisotopic (exact) mass is 371 g/mol. The van der Waals surface area contributed by atoms with Gasteiger partial charge in [0.1, 0.15) is 11.5 Å². The van der Waals surface area contributed by atoms with Crippen LogP contribution in [0.5, 0.6) is 0 Å². The fraction of sp³-hybridized carbons (Fsp3) is 0.450. The first kappa shape index (κ1) is 17.7. The van der Waals surface area contributed by atoms with Crippen molar-refractivity contribution in [2.45, 2.75) is 39.0 Å². The summed E-state index contributed by atoms with van der Waals surface area (Å²) in [5, 5.41) is 13.7. The molecule has 1 saturated heterocycles. The van der Waals surface area contributed by atoms with E-state index in [9.17, 15) is 14.0 Å². The van der Waals surface area contributed by atoms with E-state index in [1.807, 2.05) is 13.0 Å². The highest BCUT2D eigenvalue weighted by Gasteiger charge is 2.33. The zero-order valence-electron chi connectivity index (χ0n) is 15.2. The predicted octanol–water partition coefficient (Wildman–Crippen LogP) is 2.75. The number of amides is 1. The summed E-state index contributed by atoms with van der Waals surface area (Å²) in [7, 11) is 0. The van der Waals surface area contributed by atoms with Gasteiger partial charge in [0.2, 0.25) is 0 Å². The molecule has 1 amide bonds. The SMILES string of the molecule is Cc1cccc(F)c1-n1nc(C(=O)N2CCC(C(=O)O)CC2)c2c1CCC2. The van der Waals surface area contributed by atoms with Crippen LogP contribution in [0.3, 0.4) is 0 Å². The second-order valence-electron chi connectivity index (χ2n) is 7.35. The van der Waals surface area contributed by atoms with Crippen LogP contribution < -0.4 is 0 Å². The Hall–Kier alpha value is -2.70. The molecule has 1 fully saturated rings. The molecule has 1 N–H and O–H groups in total. The fourth-order valence-corrected chi connectivity index (χ4v) is 4.16. The molecule has 1 aliphatic carbocycles. The van der Waals surface area contributed by atoms with Gasteiger partial charge in [-0.05, 0) is 50.7 Å². The zero-order valence-corrected chi connectivity index (χ0v) is 15.2. The molecule has 0 saturated carbocycles. The largest absolute Gasteiger partial charge is 0.481 e. The number of aromatic nitrogens is 2. The molecule has 2 heterocycles. The van der Waals surface area contributed by atoms with Crippen LogP contribution in [0.4, 0.5) is 4.39 Å². The summed E-state index contributed by atoms with van der Waals surface area (Å²) in [6.45, 7) is 2.66. The van der Waals surface area contributed by atoms with Gasteiger partial charge in [-0.25, -0.2) is 9.07 Å². The molecule has 7 heteroatoms. The van der Waals surface area contributed by atoms with Crippen LogP contribution in [0, 0.1) is 18.7 Å². The van der Waals surface area contributed by atoms with E-state index >= 15 is 0 Å². The number of carboxylic acid groups (broad SMARTS) is 1. The molecule has 4 rings (SSSR count). The summed E-state index contributed by atoms with van der Waals surface area (Å²) in [5.74, 6) is -1.72. The van der Waals surface area contributed by atoms with Crippen molar-refractivity contribution in [3.05, 3.63) is 46.5 Å². The van der Waals surface area contributed by atoms with Crippen molar-refractivity contribution in [1.29, 1.82) is 0 Å². The molecule has 2 aliphatic rings. The standard InChI is InChI=1S/C20H22FN3O3/c1-12-4-2-6-15(21)18(12)24-16-7-3-5-14(16)17(22-24)19(25)23-10-8-13(9-11-23)20(26)27/h2,4,6,13H,3,5,7-11H2,1H3,(H,26,27). The molecule has 0 radical (unpaired) electrons. The van der Waals surface area contributed by atoms with Gasteiger partial charge >= 0.3 is 5.97 Å². The number of piperidine rings is 1. The maximum absolute atomic E-state index is 14.5. The van der Waals surface area contributed by atoms with E-state index in [0.717, 1.165) is 36.1 Å². The number of aryl methyl sites for hydroxylation is 1. The molecule has 142 valence electrons. The highest BCUT2D eigenvalue weighted by Crippen LogP contribution is 2.31. The molecular formula is C20H22FN3O3. The van der Waals surface area contributed by atoms with Crippen LogP contribution in [-0.2, 0) is 17.6 Å². The van der Waals surface area contributed by atoms with E-state index in [0.29, 0.717) is 37.3 Å². The number of nitrogens with zero attached hydrogens (tertiary/aromatic N) is 3. The number of rotatable bonds is 3. The molecule has 27 heavy (non-hydrogen) atoms. The van der Waals surface area contributed by atoms with Crippen molar-refractivity contribution in [3.63, 3.8) is 0 Å². The lowest BCUT2D eigenvalue weighted by Crippen LogP contribution is -2.40. The number of carboxylic acids is 1. The molecule has 2 aromatic rings. The molecule has 0 spiro atoms. The summed E-state index contributed by atoms with van der Waals surface area (Å²) >= 11 is 0. The molecule has 0 atom stereocenters. The third kappa shape index (κ3) is 3.01. The summed E-state index contributed by atoms with van der Waals surface area (Å²) in [6, 6.07) is 4.90. The fourth-order valence-electron chi connectivity index (χ4n) is 4.16. The predicted molar refractivity (Wildman–Crippen MR) is 96.5 cm³/mol. The quantitative estimate of drug-likeness (QED) is 0.900. The van der Waals surface area contributed by atoms with Crippen LogP contribution >= 0.6 is 0 Å². The van der Waals surface area contributed by atoms with E-state index < -0.39 is 11.9 Å². The highest BCUT2D eigenvalue weighted by atomic mass is 19.1. The van der Waals surface area contributed by atoms with Gasteiger partial charge in [-0.15, -0.1) is 0 Å². The van der Waals surface area contributed by atoms with Crippen molar-refractivity contribution < 1.29 is 19.1 Å². The van der Waals surface area contributed by atoms with Gasteiger partial charge in [0.25, 0.3) is 5.91 Å². The molecule has 6 nitrogen and oxygen atoms in total. The number of para-hydroxylation sites is 1. The van der Waals surface area contributed by atoms with Gasteiger partial charge in [-0.3, -0.25) is 9.59 Å². The Balaban J connectivity index is 1.67. The van der Waals surface area contributed by atoms with Gasteiger partial charge in [0.15, 0.2) is 5.69 Å². The lowest BCUT2D eigenvalue weighted by molar-refractivity contribution is -0.143. The average molecular weight is 371 g/mol. The average Bonchev–Trinajstić information content (AvgIpc) is 3.25. The van der Waals surface area contributed by atoms with Crippen LogP contribution in [-0.4, -0.2) is 44.8 Å². The first-order valence-corrected chi connectivity index (χ1v) is 9.35. The molecule has 0 unspecified atom stereocenters. The Morgan fingerprint density at radius 3 is 2.63 bits per heavy atom. The van der Waals surface area contributed by atoms with Gasteiger partial charge in [-0.2, -0.15) is 5.10 Å². The molecular weight excluding hydrogens is 349 g/mol. The number of fused-ring (bicyclic) bond motifs is 1. The Kier molecular flexibility index (Phi) is 4.45. The molecule has 1 aromatic heterocycles. The Morgan fingerprint density at radius 1 is 1.22 bits per heavy atom. The van der Waals surface area contributed by atoms with Gasteiger partial charge < -0.3 is 10.0 Å². The van der Waals surface area contributed by atoms with Crippen molar-refractivity contribution >= 4 is 11.9 Å². The van der Waals surface area contributed by atoms with E-state index in [1.54, 1.807) is 15.6 Å². The molecule has 1 aromatic carbocycles. The zero-order chi connectivity index (χ0) is 19.1. The van der Waals surface area contributed by atoms with Crippen LogP contribution in [0.25, 0.3) is 5.69 Å². The number of hydrogen-bond acceptors (Lipinski definition) is 3. The minimum atomic E-state index is -0.803. The minimum Gasteiger partial charge on any atom is -0.481 e. The van der Waals surface area contributed by atoms with Gasteiger partial charge in [0.05, 0.1) is 5.92 Å². The Labute approximate surface area is 156 Å². The van der Waals surface area contributed by atoms with E-state index in [-0.39, 0.29) is 11.7 Å². The lowest BCUT2D eigenvalue weighted by atomic mass is 9.97. The van der Waals surface area contributed by atoms with E-state index in [1.165, 1.54) is 6.07 Å². The minimum absolute atomic E-state index is 0.176. The van der Waals surface area contributed by atoms with E-state index in [4.69, 9.17) is 5.11 Å². The van der Waals surface area contributed by atoms with Crippen LogP contribution in [0.2, 0.25) is 0 Å². The third-order valence-corrected chi connectivity index (χ3v) is 5.66. The second kappa shape index (κ2) is 6.79. The Morgan fingerprint density at radius 2 is 1.96 bits per heavy atom. The smallest absolute Gasteiger partial charge is 0.306 e. The van der Waals surface area contributed by atoms with Crippen molar-refractivity contribution in [3.8, 4) is 5.69 Å². The topological polar surface area (TPSA) is 75.4 Å². The lowest BCUT2D eigenvalue weighted by Gasteiger charge is -2.29. The second-order valence-corrected chi connectivity index (χ2v) is 7.35. The van der Waals surface area contributed by atoms with Crippen LogP contribution in [0.1, 0.15) is 46.6 Å². The molecule has 1 aliphatic heterocycles. The molecule has 0 bridgehead atoms. The maximum Gasteiger partial charge on any atom is 0.306 e. The van der Waals surface area contributed by atoms with Crippen molar-refractivity contribution in [1.82, 2.24) is 14.7 Å². The number of likely N-dealkylation sites (tertiary alicyclic amines) is 1. The number of aliphatic carboxylic acids is 1. The maximum atomic E-state index is 14.5. The first-order valence-electron chi connectivity index (χ1n) is 9.35. The van der Waals surface area contributed by atoms with Crippen molar-refractivity contribution in [2.75, 3.05) is 13.1 Å². The van der Waals surface area contributed by atoms with Crippen molar-refractivity contribution in [2.24, 2.45) is 5.92 Å². The third-order valence-electron chi connectivity index (χ3n) is 5.66. The van der Waals surface area contributed by atoms with E-state index in [2.05, 4.69) is 5.10 Å². The normalized spacial score (nSPS) is 17.2. The Bertz CT molecular complexity index is 893. The number of benzene rings is 1. The summed E-state index contributed by atoms with van der Waals surface area (Å²) in [6.07, 6.45) is 3.36.